The van der Waals surface area contributed by atoms with Gasteiger partial charge in [-0.25, -0.2) is 4.98 Å². The van der Waals surface area contributed by atoms with Crippen molar-refractivity contribution in [2.24, 2.45) is 5.92 Å². The van der Waals surface area contributed by atoms with E-state index < -0.39 is 0 Å². The second-order valence-electron chi connectivity index (χ2n) is 7.47. The number of nitrogens with zero attached hydrogens (tertiary/aromatic N) is 3. The van der Waals surface area contributed by atoms with E-state index in [-0.39, 0.29) is 0 Å². The van der Waals surface area contributed by atoms with Crippen LogP contribution in [0.5, 0.6) is 11.5 Å². The summed E-state index contributed by atoms with van der Waals surface area (Å²) < 4.78 is 13.8. The zero-order valence-electron chi connectivity index (χ0n) is 16.4. The fourth-order valence-corrected chi connectivity index (χ4v) is 3.98. The van der Waals surface area contributed by atoms with Crippen LogP contribution < -0.4 is 9.47 Å². The summed E-state index contributed by atoms with van der Waals surface area (Å²) in [4.78, 5) is 7.26. The highest BCUT2D eigenvalue weighted by atomic mass is 16.5. The first kappa shape index (κ1) is 18.1. The summed E-state index contributed by atoms with van der Waals surface area (Å²) in [7, 11) is 1.69. The van der Waals surface area contributed by atoms with E-state index in [1.54, 1.807) is 7.11 Å². The summed E-state index contributed by atoms with van der Waals surface area (Å²) in [6, 6.07) is 8.11. The second-order valence-corrected chi connectivity index (χ2v) is 7.47. The van der Waals surface area contributed by atoms with Crippen molar-refractivity contribution in [1.29, 1.82) is 0 Å². The van der Waals surface area contributed by atoms with Crippen molar-refractivity contribution in [3.63, 3.8) is 0 Å². The lowest BCUT2D eigenvalue weighted by molar-refractivity contribution is 0.141. The van der Waals surface area contributed by atoms with Crippen LogP contribution >= 0.6 is 0 Å². The van der Waals surface area contributed by atoms with Crippen LogP contribution in [-0.4, -0.2) is 47.6 Å². The van der Waals surface area contributed by atoms with Crippen molar-refractivity contribution in [2.45, 2.75) is 32.6 Å². The summed E-state index contributed by atoms with van der Waals surface area (Å²) in [6.07, 6.45) is 8.91. The van der Waals surface area contributed by atoms with Crippen molar-refractivity contribution >= 4 is 16.6 Å². The van der Waals surface area contributed by atoms with Gasteiger partial charge in [0.2, 0.25) is 0 Å². The molecule has 3 aromatic rings. The molecule has 4 rings (SSSR count). The summed E-state index contributed by atoms with van der Waals surface area (Å²) >= 11 is 0. The normalized spacial score (nSPS) is 16.2. The number of benzene rings is 1. The topological polar surface area (TPSA) is 39.0 Å². The molecule has 0 amide bonds. The number of rotatable bonds is 7. The molecule has 0 aliphatic carbocycles. The molecule has 1 aromatic carbocycles. The van der Waals surface area contributed by atoms with Gasteiger partial charge in [-0.15, -0.1) is 0 Å². The Morgan fingerprint density at radius 3 is 2.74 bits per heavy atom. The number of unbranched alkanes of at least 4 members (excludes halogenated alkanes) is 1. The average molecular weight is 367 g/mol. The van der Waals surface area contributed by atoms with E-state index >= 15 is 0 Å². The first-order chi connectivity index (χ1) is 13.3. The number of likely N-dealkylation sites (tertiary alicyclic amines) is 1. The molecule has 27 heavy (non-hydrogen) atoms. The number of ether oxygens (including phenoxy) is 2. The van der Waals surface area contributed by atoms with Crippen LogP contribution in [0.4, 0.5) is 0 Å². The van der Waals surface area contributed by atoms with Crippen LogP contribution in [0.15, 0.2) is 36.7 Å². The molecule has 1 aliphatic rings. The second kappa shape index (κ2) is 8.17. The number of hydrogen-bond acceptors (Lipinski definition) is 4. The first-order valence-corrected chi connectivity index (χ1v) is 10.1. The highest BCUT2D eigenvalue weighted by Gasteiger charge is 2.20. The quantitative estimate of drug-likeness (QED) is 0.621. The highest BCUT2D eigenvalue weighted by Crippen LogP contribution is 2.29. The standard InChI is InChI=1S/C22H29N3O2/c1-3-4-11-24-12-8-17(9-13-24)16-27-21-7-5-6-18-22(21)23-15-19-20(26-2)10-14-25(18)19/h5-7,10,14-15,17H,3-4,8-9,11-13,16H2,1-2H3. The Hall–Kier alpha value is -2.27. The molecule has 3 heterocycles. The molecule has 5 heteroatoms. The van der Waals surface area contributed by atoms with Gasteiger partial charge in [0.1, 0.15) is 22.5 Å². The number of methoxy groups -OCH3 is 1. The molecule has 0 unspecified atom stereocenters. The van der Waals surface area contributed by atoms with Crippen LogP contribution in [0, 0.1) is 5.92 Å². The molecular formula is C22H29N3O2. The smallest absolute Gasteiger partial charge is 0.147 e. The summed E-state index contributed by atoms with van der Waals surface area (Å²) in [5, 5.41) is 0. The largest absolute Gasteiger partial charge is 0.494 e. The minimum absolute atomic E-state index is 0.633. The molecule has 0 bridgehead atoms. The van der Waals surface area contributed by atoms with E-state index in [0.717, 1.165) is 34.7 Å². The minimum atomic E-state index is 0.633. The summed E-state index contributed by atoms with van der Waals surface area (Å²) in [6.45, 7) is 6.68. The number of fused-ring (bicyclic) bond motifs is 3. The highest BCUT2D eigenvalue weighted by molar-refractivity contribution is 5.85. The molecule has 0 radical (unpaired) electrons. The minimum Gasteiger partial charge on any atom is -0.494 e. The summed E-state index contributed by atoms with van der Waals surface area (Å²) in [5.41, 5.74) is 2.92. The molecule has 0 N–H and O–H groups in total. The lowest BCUT2D eigenvalue weighted by Gasteiger charge is -2.31. The van der Waals surface area contributed by atoms with Gasteiger partial charge in [-0.1, -0.05) is 19.4 Å². The van der Waals surface area contributed by atoms with Crippen LogP contribution in [0.2, 0.25) is 0 Å². The third-order valence-electron chi connectivity index (χ3n) is 5.67. The van der Waals surface area contributed by atoms with Crippen LogP contribution in [0.25, 0.3) is 16.6 Å². The fourth-order valence-electron chi connectivity index (χ4n) is 3.98. The van der Waals surface area contributed by atoms with Crippen LogP contribution in [0.1, 0.15) is 32.6 Å². The SMILES string of the molecule is CCCCN1CCC(COc2cccc3c2ncc2c(OC)ccn23)CC1. The molecule has 1 aliphatic heterocycles. The Labute approximate surface area is 160 Å². The van der Waals surface area contributed by atoms with Gasteiger partial charge in [0.25, 0.3) is 0 Å². The molecule has 0 spiro atoms. The molecule has 1 fully saturated rings. The predicted molar refractivity (Wildman–Crippen MR) is 109 cm³/mol. The van der Waals surface area contributed by atoms with Crippen LogP contribution in [-0.2, 0) is 0 Å². The predicted octanol–water partition coefficient (Wildman–Crippen LogP) is 4.39. The molecule has 0 saturated carbocycles. The zero-order chi connectivity index (χ0) is 18.6. The summed E-state index contributed by atoms with van der Waals surface area (Å²) in [5.74, 6) is 2.34. The number of para-hydroxylation sites is 1. The van der Waals surface area contributed by atoms with Crippen molar-refractivity contribution in [1.82, 2.24) is 14.3 Å². The third kappa shape index (κ3) is 3.74. The molecule has 144 valence electrons. The van der Waals surface area contributed by atoms with E-state index in [9.17, 15) is 0 Å². The first-order valence-electron chi connectivity index (χ1n) is 10.1. The maximum absolute atomic E-state index is 6.23. The van der Waals surface area contributed by atoms with Gasteiger partial charge in [0.15, 0.2) is 0 Å². The van der Waals surface area contributed by atoms with Gasteiger partial charge in [-0.05, 0) is 63.0 Å². The van der Waals surface area contributed by atoms with Crippen molar-refractivity contribution in [3.8, 4) is 11.5 Å². The molecule has 1 saturated heterocycles. The lowest BCUT2D eigenvalue weighted by atomic mass is 9.97. The third-order valence-corrected chi connectivity index (χ3v) is 5.67. The van der Waals surface area contributed by atoms with Gasteiger partial charge >= 0.3 is 0 Å². The Balaban J connectivity index is 1.45. The average Bonchev–Trinajstić information content (AvgIpc) is 3.15. The van der Waals surface area contributed by atoms with Gasteiger partial charge in [-0.2, -0.15) is 0 Å². The van der Waals surface area contributed by atoms with Crippen molar-refractivity contribution in [3.05, 3.63) is 36.7 Å². The molecule has 5 nitrogen and oxygen atoms in total. The number of piperidine rings is 1. The number of aromatic nitrogens is 2. The zero-order valence-corrected chi connectivity index (χ0v) is 16.4. The van der Waals surface area contributed by atoms with E-state index in [1.807, 2.05) is 30.6 Å². The molecule has 0 atom stereocenters. The van der Waals surface area contributed by atoms with E-state index in [2.05, 4.69) is 27.3 Å². The Kier molecular flexibility index (Phi) is 5.48. The van der Waals surface area contributed by atoms with Gasteiger partial charge in [0, 0.05) is 6.20 Å². The van der Waals surface area contributed by atoms with E-state index in [1.165, 1.54) is 45.3 Å². The lowest BCUT2D eigenvalue weighted by Crippen LogP contribution is -2.36. The van der Waals surface area contributed by atoms with Gasteiger partial charge < -0.3 is 18.8 Å². The fraction of sp³-hybridized carbons (Fsp3) is 0.500. The Morgan fingerprint density at radius 1 is 1.11 bits per heavy atom. The molecular weight excluding hydrogens is 338 g/mol. The maximum atomic E-state index is 6.23. The Bertz CT molecular complexity index is 897. The van der Waals surface area contributed by atoms with Crippen molar-refractivity contribution in [2.75, 3.05) is 33.4 Å². The molecule has 2 aromatic heterocycles. The maximum Gasteiger partial charge on any atom is 0.147 e. The monoisotopic (exact) mass is 367 g/mol. The number of hydrogen-bond donors (Lipinski definition) is 0. The van der Waals surface area contributed by atoms with Gasteiger partial charge in [-0.3, -0.25) is 0 Å². The van der Waals surface area contributed by atoms with Crippen LogP contribution in [0.3, 0.4) is 0 Å². The van der Waals surface area contributed by atoms with E-state index in [4.69, 9.17) is 9.47 Å². The van der Waals surface area contributed by atoms with Crippen molar-refractivity contribution < 1.29 is 9.47 Å². The van der Waals surface area contributed by atoms with Gasteiger partial charge in [0.05, 0.1) is 25.4 Å². The van der Waals surface area contributed by atoms with E-state index in [0.29, 0.717) is 5.92 Å². The Morgan fingerprint density at radius 2 is 1.96 bits per heavy atom.